The third-order valence-corrected chi connectivity index (χ3v) is 7.95. The van der Waals surface area contributed by atoms with Crippen molar-refractivity contribution in [3.63, 3.8) is 0 Å². The normalized spacial score (nSPS) is 14.0. The summed E-state index contributed by atoms with van der Waals surface area (Å²) in [6.07, 6.45) is 1.93. The van der Waals surface area contributed by atoms with Gasteiger partial charge in [0.05, 0.1) is 23.2 Å². The molecule has 1 aliphatic rings. The maximum atomic E-state index is 12.8. The van der Waals surface area contributed by atoms with Crippen LogP contribution in [0.2, 0.25) is 0 Å². The van der Waals surface area contributed by atoms with E-state index in [1.165, 1.54) is 11.3 Å². The molecule has 0 unspecified atom stereocenters. The molecule has 4 aromatic rings. The number of aromatic nitrogens is 3. The van der Waals surface area contributed by atoms with E-state index in [0.29, 0.717) is 36.0 Å². The molecular weight excluding hydrogens is 502 g/mol. The minimum atomic E-state index is -0.292. The Kier molecular flexibility index (Phi) is 7.50. The summed E-state index contributed by atoms with van der Waals surface area (Å²) >= 11 is 1.47. The van der Waals surface area contributed by atoms with Gasteiger partial charge in [-0.15, -0.1) is 11.3 Å². The van der Waals surface area contributed by atoms with Crippen LogP contribution in [0.25, 0.3) is 11.0 Å². The van der Waals surface area contributed by atoms with E-state index < -0.39 is 0 Å². The molecule has 1 saturated heterocycles. The zero-order valence-corrected chi connectivity index (χ0v) is 22.2. The lowest BCUT2D eigenvalue weighted by atomic mass is 9.97. The van der Waals surface area contributed by atoms with E-state index in [1.807, 2.05) is 40.8 Å². The Bertz CT molecular complexity index is 1470. The Morgan fingerprint density at radius 1 is 1.03 bits per heavy atom. The van der Waals surface area contributed by atoms with Crippen LogP contribution in [0.15, 0.2) is 53.9 Å². The van der Waals surface area contributed by atoms with Crippen LogP contribution in [0.1, 0.15) is 57.5 Å². The van der Waals surface area contributed by atoms with Gasteiger partial charge in [-0.25, -0.2) is 9.97 Å². The average molecular weight is 532 g/mol. The summed E-state index contributed by atoms with van der Waals surface area (Å²) < 4.78 is 6.96. The predicted octanol–water partition coefficient (Wildman–Crippen LogP) is 4.66. The number of ether oxygens (including phenoxy) is 1. The molecule has 0 bridgehead atoms. The van der Waals surface area contributed by atoms with Crippen LogP contribution in [0, 0.1) is 0 Å². The number of rotatable bonds is 8. The minimum Gasteiger partial charge on any atom is -0.497 e. The topological polar surface area (TPSA) is 106 Å². The molecule has 3 heterocycles. The van der Waals surface area contributed by atoms with Gasteiger partial charge in [0, 0.05) is 49.8 Å². The third-order valence-electron chi connectivity index (χ3n) is 6.94. The molecule has 2 aromatic heterocycles. The molecule has 1 aliphatic heterocycles. The second kappa shape index (κ2) is 11.1. The highest BCUT2D eigenvalue weighted by Gasteiger charge is 2.27. The minimum absolute atomic E-state index is 0.00743. The van der Waals surface area contributed by atoms with Crippen LogP contribution in [0.4, 0.5) is 5.95 Å². The molecular formula is C28H29N5O4S. The van der Waals surface area contributed by atoms with Gasteiger partial charge in [-0.1, -0.05) is 12.1 Å². The summed E-state index contributed by atoms with van der Waals surface area (Å²) in [6, 6.07) is 14.6. The highest BCUT2D eigenvalue weighted by Crippen LogP contribution is 2.31. The molecule has 0 radical (unpaired) electrons. The summed E-state index contributed by atoms with van der Waals surface area (Å²) in [5.41, 5.74) is 2.70. The number of nitrogens with zero attached hydrogens (tertiary/aromatic N) is 4. The van der Waals surface area contributed by atoms with E-state index >= 15 is 0 Å². The van der Waals surface area contributed by atoms with Crippen molar-refractivity contribution < 1.29 is 19.1 Å². The number of hydrogen-bond acceptors (Lipinski definition) is 7. The molecule has 38 heavy (non-hydrogen) atoms. The summed E-state index contributed by atoms with van der Waals surface area (Å²) in [5.74, 6) is 1.01. The first-order valence-electron chi connectivity index (χ1n) is 12.6. The second-order valence-corrected chi connectivity index (χ2v) is 10.2. The van der Waals surface area contributed by atoms with E-state index in [1.54, 1.807) is 36.8 Å². The van der Waals surface area contributed by atoms with Crippen LogP contribution < -0.4 is 10.1 Å². The molecule has 1 fully saturated rings. The molecule has 0 spiro atoms. The number of imidazole rings is 1. The van der Waals surface area contributed by atoms with Crippen molar-refractivity contribution in [3.05, 3.63) is 70.2 Å². The average Bonchev–Trinajstić information content (AvgIpc) is 3.57. The quantitative estimate of drug-likeness (QED) is 0.332. The van der Waals surface area contributed by atoms with Gasteiger partial charge in [-0.3, -0.25) is 19.7 Å². The first-order chi connectivity index (χ1) is 18.4. The SMILES string of the molecule is COc1ccc(C(=O)CCC(=O)N2CCC(c3nc(C(=O)Nc4nc5ccccc5n4C)cs3)CC2)cc1. The highest BCUT2D eigenvalue weighted by atomic mass is 32.1. The van der Waals surface area contributed by atoms with Gasteiger partial charge >= 0.3 is 0 Å². The van der Waals surface area contributed by atoms with Crippen molar-refractivity contribution in [1.29, 1.82) is 0 Å². The highest BCUT2D eigenvalue weighted by molar-refractivity contribution is 7.10. The van der Waals surface area contributed by atoms with Crippen molar-refractivity contribution in [3.8, 4) is 5.75 Å². The molecule has 10 heteroatoms. The molecule has 1 N–H and O–H groups in total. The smallest absolute Gasteiger partial charge is 0.277 e. The number of benzene rings is 2. The Hall–Kier alpha value is -4.05. The summed E-state index contributed by atoms with van der Waals surface area (Å²) in [4.78, 5) is 48.9. The number of thiazole rings is 1. The standard InChI is InChI=1S/C28H29N5O4S/c1-32-23-6-4-3-5-21(23)30-28(32)31-26(36)22-17-38-27(29-22)19-13-15-33(16-14-19)25(35)12-11-24(34)18-7-9-20(37-2)10-8-18/h3-10,17,19H,11-16H2,1-2H3,(H,30,31,36). The Morgan fingerprint density at radius 2 is 1.76 bits per heavy atom. The van der Waals surface area contributed by atoms with Gasteiger partial charge in [0.25, 0.3) is 5.91 Å². The number of fused-ring (bicyclic) bond motifs is 1. The van der Waals surface area contributed by atoms with E-state index in [0.717, 1.165) is 28.9 Å². The number of likely N-dealkylation sites (tertiary alicyclic amines) is 1. The lowest BCUT2D eigenvalue weighted by molar-refractivity contribution is -0.132. The number of carbonyl (C=O) groups excluding carboxylic acids is 3. The zero-order chi connectivity index (χ0) is 26.6. The number of amides is 2. The number of nitrogens with one attached hydrogen (secondary N) is 1. The number of carbonyl (C=O) groups is 3. The number of Topliss-reactive ketones (excluding diaryl/α,β-unsaturated/α-hetero) is 1. The number of piperidine rings is 1. The molecule has 2 aromatic carbocycles. The van der Waals surface area contributed by atoms with Gasteiger partial charge in [0.15, 0.2) is 5.78 Å². The number of methoxy groups -OCH3 is 1. The van der Waals surface area contributed by atoms with Gasteiger partial charge in [-0.2, -0.15) is 0 Å². The van der Waals surface area contributed by atoms with E-state index in [-0.39, 0.29) is 36.4 Å². The number of para-hydroxylation sites is 2. The molecule has 5 rings (SSSR count). The first-order valence-corrected chi connectivity index (χ1v) is 13.4. The number of hydrogen-bond donors (Lipinski definition) is 1. The molecule has 0 aliphatic carbocycles. The van der Waals surface area contributed by atoms with Crippen molar-refractivity contribution in [1.82, 2.24) is 19.4 Å². The maximum Gasteiger partial charge on any atom is 0.277 e. The summed E-state index contributed by atoms with van der Waals surface area (Å²) in [7, 11) is 3.44. The van der Waals surface area contributed by atoms with Crippen LogP contribution >= 0.6 is 11.3 Å². The number of ketones is 1. The predicted molar refractivity (Wildman–Crippen MR) is 146 cm³/mol. The molecule has 2 amide bonds. The fourth-order valence-corrected chi connectivity index (χ4v) is 5.65. The molecule has 0 atom stereocenters. The zero-order valence-electron chi connectivity index (χ0n) is 21.3. The lowest BCUT2D eigenvalue weighted by Gasteiger charge is -2.31. The molecule has 0 saturated carbocycles. The van der Waals surface area contributed by atoms with Crippen LogP contribution in [-0.2, 0) is 11.8 Å². The van der Waals surface area contributed by atoms with Gasteiger partial charge < -0.3 is 14.2 Å². The Labute approximate surface area is 224 Å². The van der Waals surface area contributed by atoms with Crippen molar-refractivity contribution in [2.24, 2.45) is 7.05 Å². The molecule has 196 valence electrons. The van der Waals surface area contributed by atoms with Crippen LogP contribution in [0.5, 0.6) is 5.75 Å². The van der Waals surface area contributed by atoms with Crippen molar-refractivity contribution in [2.45, 2.75) is 31.6 Å². The summed E-state index contributed by atoms with van der Waals surface area (Å²) in [6.45, 7) is 1.22. The van der Waals surface area contributed by atoms with Gasteiger partial charge in [0.1, 0.15) is 11.4 Å². The van der Waals surface area contributed by atoms with Crippen LogP contribution in [-0.4, -0.2) is 57.2 Å². The third kappa shape index (κ3) is 5.45. The monoisotopic (exact) mass is 531 g/mol. The van der Waals surface area contributed by atoms with Crippen LogP contribution in [0.3, 0.4) is 0 Å². The van der Waals surface area contributed by atoms with Gasteiger partial charge in [-0.05, 0) is 49.2 Å². The fourth-order valence-electron chi connectivity index (χ4n) is 4.68. The van der Waals surface area contributed by atoms with Gasteiger partial charge in [0.2, 0.25) is 11.9 Å². The Balaban J connectivity index is 1.11. The second-order valence-electron chi connectivity index (χ2n) is 9.31. The number of aryl methyl sites for hydroxylation is 1. The van der Waals surface area contributed by atoms with Crippen molar-refractivity contribution in [2.75, 3.05) is 25.5 Å². The number of anilines is 1. The largest absolute Gasteiger partial charge is 0.497 e. The molecule has 9 nitrogen and oxygen atoms in total. The lowest BCUT2D eigenvalue weighted by Crippen LogP contribution is -2.38. The van der Waals surface area contributed by atoms with Crippen molar-refractivity contribution >= 4 is 45.9 Å². The van der Waals surface area contributed by atoms with E-state index in [2.05, 4.69) is 15.3 Å². The van der Waals surface area contributed by atoms with E-state index in [9.17, 15) is 14.4 Å². The first kappa shape index (κ1) is 25.6. The summed E-state index contributed by atoms with van der Waals surface area (Å²) in [5, 5.41) is 5.54. The fraction of sp³-hybridized carbons (Fsp3) is 0.321. The van der Waals surface area contributed by atoms with E-state index in [4.69, 9.17) is 4.74 Å². The Morgan fingerprint density at radius 3 is 2.47 bits per heavy atom. The maximum absolute atomic E-state index is 12.8.